The van der Waals surface area contributed by atoms with Crippen LogP contribution >= 0.6 is 0 Å². The Labute approximate surface area is 114 Å². The van der Waals surface area contributed by atoms with E-state index >= 15 is 0 Å². The molecule has 0 aliphatic heterocycles. The number of rotatable bonds is 0. The fourth-order valence-electron chi connectivity index (χ4n) is 1.18. The van der Waals surface area contributed by atoms with Gasteiger partial charge in [-0.3, -0.25) is 0 Å². The van der Waals surface area contributed by atoms with Gasteiger partial charge in [0.2, 0.25) is 0 Å². The van der Waals surface area contributed by atoms with E-state index in [0.29, 0.717) is 5.75 Å². The quantitative estimate of drug-likeness (QED) is 0.621. The van der Waals surface area contributed by atoms with Crippen LogP contribution in [0.2, 0.25) is 0 Å². The van der Waals surface area contributed by atoms with Crippen molar-refractivity contribution in [2.45, 2.75) is 0 Å². The van der Waals surface area contributed by atoms with Gasteiger partial charge >= 0.3 is 0 Å². The van der Waals surface area contributed by atoms with Gasteiger partial charge in [-0.25, -0.2) is 0 Å². The van der Waals surface area contributed by atoms with Crippen LogP contribution in [0.15, 0.2) is 42.5 Å². The summed E-state index contributed by atoms with van der Waals surface area (Å²) in [6, 6.07) is 13.3. The Bertz CT molecular complexity index is 384. The average Bonchev–Trinajstić information content (AvgIpc) is 2.04. The van der Waals surface area contributed by atoms with Gasteiger partial charge in [-0.05, 0) is 22.9 Å². The van der Waals surface area contributed by atoms with Gasteiger partial charge in [0.1, 0.15) is 5.75 Å². The van der Waals surface area contributed by atoms with Gasteiger partial charge in [0.05, 0.1) is 0 Å². The third kappa shape index (κ3) is 2.09. The Morgan fingerprint density at radius 1 is 0.833 bits per heavy atom. The maximum atomic E-state index is 9.13. The first kappa shape index (κ1) is 10.2. The van der Waals surface area contributed by atoms with Gasteiger partial charge < -0.3 is 5.11 Å². The number of hydrogen-bond acceptors (Lipinski definition) is 1. The predicted molar refractivity (Wildman–Crippen MR) is 51.4 cm³/mol. The molecule has 0 saturated carbocycles. The summed E-state index contributed by atoms with van der Waals surface area (Å²) in [5.74, 6) is 0.323. The van der Waals surface area contributed by atoms with Gasteiger partial charge in [-0.2, -0.15) is 0 Å². The van der Waals surface area contributed by atoms with Crippen molar-refractivity contribution in [1.82, 2.24) is 0 Å². The number of phenols is 1. The average molecular weight is 183 g/mol. The Morgan fingerprint density at radius 2 is 1.50 bits per heavy atom. The molecule has 2 aromatic rings. The van der Waals surface area contributed by atoms with E-state index in [1.807, 2.05) is 30.3 Å². The van der Waals surface area contributed by atoms with Gasteiger partial charge in [0, 0.05) is 51.4 Å². The fourth-order valence-corrected chi connectivity index (χ4v) is 1.18. The Balaban J connectivity index is 0.000000720. The maximum Gasteiger partial charge on any atom is 0.116 e. The molecule has 0 atom stereocenters. The molecule has 2 aromatic carbocycles. The van der Waals surface area contributed by atoms with E-state index in [-0.39, 0.29) is 51.4 Å². The largest absolute Gasteiger partial charge is 0.508 e. The van der Waals surface area contributed by atoms with E-state index in [9.17, 15) is 0 Å². The molecular weight excluding hydrogens is 175 g/mol. The molecular formula is C10H8KO. The van der Waals surface area contributed by atoms with Crippen LogP contribution in [0.1, 0.15) is 0 Å². The predicted octanol–water partition coefficient (Wildman–Crippen LogP) is 2.16. The van der Waals surface area contributed by atoms with Crippen LogP contribution in [0.4, 0.5) is 0 Å². The van der Waals surface area contributed by atoms with Crippen LogP contribution in [0, 0.1) is 0 Å². The second-order valence-corrected chi connectivity index (χ2v) is 2.53. The number of benzene rings is 2. The fraction of sp³-hybridized carbons (Fsp3) is 0. The standard InChI is InChI=1S/C10H8O.K/c11-10-6-5-8-3-1-2-4-9(8)7-10;/h1-7,11H;. The van der Waals surface area contributed by atoms with Gasteiger partial charge in [0.15, 0.2) is 0 Å². The van der Waals surface area contributed by atoms with Crippen molar-refractivity contribution < 1.29 is 5.11 Å². The molecule has 0 amide bonds. The van der Waals surface area contributed by atoms with Crippen molar-refractivity contribution in [3.05, 3.63) is 42.5 Å². The summed E-state index contributed by atoms with van der Waals surface area (Å²) in [6.07, 6.45) is 0. The zero-order valence-corrected chi connectivity index (χ0v) is 10.1. The molecule has 0 aliphatic carbocycles. The summed E-state index contributed by atoms with van der Waals surface area (Å²) in [5, 5.41) is 11.4. The topological polar surface area (TPSA) is 20.2 Å². The molecule has 1 N–H and O–H groups in total. The van der Waals surface area contributed by atoms with Crippen LogP contribution in [0.25, 0.3) is 10.8 Å². The molecule has 0 fully saturated rings. The molecule has 55 valence electrons. The van der Waals surface area contributed by atoms with E-state index in [4.69, 9.17) is 5.11 Å². The van der Waals surface area contributed by atoms with Gasteiger partial charge in [-0.1, -0.05) is 30.3 Å². The number of aromatic hydroxyl groups is 1. The Morgan fingerprint density at radius 3 is 2.25 bits per heavy atom. The first-order chi connectivity index (χ1) is 5.36. The molecule has 12 heavy (non-hydrogen) atoms. The minimum atomic E-state index is 0. The summed E-state index contributed by atoms with van der Waals surface area (Å²) in [4.78, 5) is 0. The zero-order chi connectivity index (χ0) is 7.68. The minimum absolute atomic E-state index is 0. The molecule has 1 radical (unpaired) electrons. The number of fused-ring (bicyclic) bond motifs is 1. The van der Waals surface area contributed by atoms with Crippen LogP contribution in [-0.4, -0.2) is 56.5 Å². The molecule has 1 nitrogen and oxygen atoms in total. The van der Waals surface area contributed by atoms with Crippen LogP contribution in [0.3, 0.4) is 0 Å². The third-order valence-electron chi connectivity index (χ3n) is 1.73. The van der Waals surface area contributed by atoms with E-state index < -0.39 is 0 Å². The molecule has 0 aromatic heterocycles. The zero-order valence-electron chi connectivity index (χ0n) is 6.99. The first-order valence-corrected chi connectivity index (χ1v) is 3.54. The monoisotopic (exact) mass is 183 g/mol. The smallest absolute Gasteiger partial charge is 0.116 e. The van der Waals surface area contributed by atoms with Gasteiger partial charge in [-0.15, -0.1) is 0 Å². The van der Waals surface area contributed by atoms with Crippen LogP contribution < -0.4 is 0 Å². The van der Waals surface area contributed by atoms with Crippen molar-refractivity contribution in [2.24, 2.45) is 0 Å². The SMILES string of the molecule is Oc1ccc2ccccc2c1.[K]. The normalized spacial score (nSPS) is 9.33. The second-order valence-electron chi connectivity index (χ2n) is 2.53. The summed E-state index contributed by atoms with van der Waals surface area (Å²) in [6.45, 7) is 0. The number of phenolic OH excluding ortho intramolecular Hbond substituents is 1. The second kappa shape index (κ2) is 4.39. The molecule has 0 saturated heterocycles. The van der Waals surface area contributed by atoms with Crippen molar-refractivity contribution in [3.8, 4) is 5.75 Å². The molecule has 0 heterocycles. The molecule has 2 rings (SSSR count). The van der Waals surface area contributed by atoms with E-state index in [1.54, 1.807) is 12.1 Å². The first-order valence-electron chi connectivity index (χ1n) is 3.54. The van der Waals surface area contributed by atoms with Crippen LogP contribution in [0.5, 0.6) is 5.75 Å². The molecule has 0 spiro atoms. The summed E-state index contributed by atoms with van der Waals surface area (Å²) in [7, 11) is 0. The third-order valence-corrected chi connectivity index (χ3v) is 1.73. The summed E-state index contributed by atoms with van der Waals surface area (Å²) in [5.41, 5.74) is 0. The van der Waals surface area contributed by atoms with E-state index in [1.165, 1.54) is 0 Å². The van der Waals surface area contributed by atoms with Crippen molar-refractivity contribution in [1.29, 1.82) is 0 Å². The number of hydrogen-bond donors (Lipinski definition) is 1. The van der Waals surface area contributed by atoms with Crippen LogP contribution in [-0.2, 0) is 0 Å². The Hall–Kier alpha value is 0.136. The maximum absolute atomic E-state index is 9.13. The molecule has 0 unspecified atom stereocenters. The summed E-state index contributed by atoms with van der Waals surface area (Å²) < 4.78 is 0. The molecule has 0 aliphatic rings. The molecule has 2 heteroatoms. The van der Waals surface area contributed by atoms with E-state index in [2.05, 4.69) is 0 Å². The molecule has 0 bridgehead atoms. The van der Waals surface area contributed by atoms with Crippen molar-refractivity contribution >= 4 is 62.2 Å². The van der Waals surface area contributed by atoms with Crippen molar-refractivity contribution in [2.75, 3.05) is 0 Å². The van der Waals surface area contributed by atoms with Crippen molar-refractivity contribution in [3.63, 3.8) is 0 Å². The minimum Gasteiger partial charge on any atom is -0.508 e. The van der Waals surface area contributed by atoms with E-state index in [0.717, 1.165) is 10.8 Å². The van der Waals surface area contributed by atoms with Gasteiger partial charge in [0.25, 0.3) is 0 Å². The Kier molecular flexibility index (Phi) is 3.74. The summed E-state index contributed by atoms with van der Waals surface area (Å²) >= 11 is 0.